The molecule has 184 valence electrons. The molecule has 1 N–H and O–H groups in total. The normalized spacial score (nSPS) is 17.1. The average Bonchev–Trinajstić information content (AvgIpc) is 3.43. The van der Waals surface area contributed by atoms with E-state index in [-0.39, 0.29) is 23.6 Å². The fraction of sp³-hybridized carbons (Fsp3) is 0.360. The number of ether oxygens (including phenoxy) is 2. The largest absolute Gasteiger partial charge is 0.497 e. The van der Waals surface area contributed by atoms with Crippen LogP contribution in [0.1, 0.15) is 18.4 Å². The molecule has 0 spiro atoms. The molecular formula is C25H28N4O5S. The minimum Gasteiger partial charge on any atom is -0.497 e. The highest BCUT2D eigenvalue weighted by atomic mass is 32.2. The summed E-state index contributed by atoms with van der Waals surface area (Å²) in [6.45, 7) is 2.87. The van der Waals surface area contributed by atoms with Crippen molar-refractivity contribution in [1.82, 2.24) is 4.31 Å². The van der Waals surface area contributed by atoms with Crippen molar-refractivity contribution in [2.45, 2.75) is 17.7 Å². The molecule has 0 aromatic heterocycles. The number of morpholine rings is 1. The fourth-order valence-corrected chi connectivity index (χ4v) is 5.59. The van der Waals surface area contributed by atoms with Crippen molar-refractivity contribution in [3.05, 3.63) is 53.6 Å². The SMILES string of the molecule is COc1ccc(C=C(C#N)C(=O)Nc2cc(S(=O)(=O)N3CCOCC3)ccc2N2CCCC2)cc1. The lowest BCUT2D eigenvalue weighted by molar-refractivity contribution is -0.112. The molecule has 0 bridgehead atoms. The van der Waals surface area contributed by atoms with E-state index in [4.69, 9.17) is 9.47 Å². The summed E-state index contributed by atoms with van der Waals surface area (Å²) in [4.78, 5) is 15.3. The number of nitrogens with one attached hydrogen (secondary N) is 1. The molecule has 9 nitrogen and oxygen atoms in total. The van der Waals surface area contributed by atoms with Crippen LogP contribution in [0, 0.1) is 11.3 Å². The van der Waals surface area contributed by atoms with Gasteiger partial charge in [0.25, 0.3) is 5.91 Å². The van der Waals surface area contributed by atoms with E-state index in [2.05, 4.69) is 10.2 Å². The summed E-state index contributed by atoms with van der Waals surface area (Å²) < 4.78 is 38.2. The molecule has 2 fully saturated rings. The van der Waals surface area contributed by atoms with Crippen LogP contribution in [0.15, 0.2) is 52.9 Å². The van der Waals surface area contributed by atoms with Crippen LogP contribution in [0.2, 0.25) is 0 Å². The smallest absolute Gasteiger partial charge is 0.266 e. The number of rotatable bonds is 7. The second kappa shape index (κ2) is 10.9. The topological polar surface area (TPSA) is 112 Å². The third-order valence-electron chi connectivity index (χ3n) is 6.06. The number of anilines is 2. The van der Waals surface area contributed by atoms with E-state index >= 15 is 0 Å². The Morgan fingerprint density at radius 1 is 1.09 bits per heavy atom. The number of amides is 1. The Balaban J connectivity index is 1.65. The highest BCUT2D eigenvalue weighted by Crippen LogP contribution is 2.33. The van der Waals surface area contributed by atoms with Crippen LogP contribution in [-0.2, 0) is 19.6 Å². The molecule has 4 rings (SSSR count). The van der Waals surface area contributed by atoms with Crippen LogP contribution >= 0.6 is 0 Å². The maximum Gasteiger partial charge on any atom is 0.266 e. The van der Waals surface area contributed by atoms with Crippen molar-refractivity contribution in [2.24, 2.45) is 0 Å². The number of methoxy groups -OCH3 is 1. The van der Waals surface area contributed by atoms with Gasteiger partial charge in [-0.15, -0.1) is 0 Å². The highest BCUT2D eigenvalue weighted by molar-refractivity contribution is 7.89. The van der Waals surface area contributed by atoms with Crippen LogP contribution in [0.3, 0.4) is 0 Å². The Hall–Kier alpha value is -3.39. The second-order valence-electron chi connectivity index (χ2n) is 8.29. The second-order valence-corrected chi connectivity index (χ2v) is 10.2. The molecule has 0 radical (unpaired) electrons. The fourth-order valence-electron chi connectivity index (χ4n) is 4.15. The summed E-state index contributed by atoms with van der Waals surface area (Å²) >= 11 is 0. The van der Waals surface area contributed by atoms with Crippen LogP contribution in [-0.4, -0.2) is 65.1 Å². The predicted octanol–water partition coefficient (Wildman–Crippen LogP) is 2.86. The summed E-state index contributed by atoms with van der Waals surface area (Å²) in [7, 11) is -2.19. The Labute approximate surface area is 205 Å². The first-order valence-corrected chi connectivity index (χ1v) is 12.9. The highest BCUT2D eigenvalue weighted by Gasteiger charge is 2.28. The molecule has 0 saturated carbocycles. The van der Waals surface area contributed by atoms with E-state index in [1.54, 1.807) is 43.5 Å². The summed E-state index contributed by atoms with van der Waals surface area (Å²) in [6, 6.07) is 13.7. The third-order valence-corrected chi connectivity index (χ3v) is 7.96. The van der Waals surface area contributed by atoms with Crippen molar-refractivity contribution < 1.29 is 22.7 Å². The van der Waals surface area contributed by atoms with Gasteiger partial charge in [-0.25, -0.2) is 8.42 Å². The van der Waals surface area contributed by atoms with Crippen molar-refractivity contribution in [2.75, 3.05) is 56.7 Å². The molecular weight excluding hydrogens is 468 g/mol. The van der Waals surface area contributed by atoms with E-state index < -0.39 is 15.9 Å². The lowest BCUT2D eigenvalue weighted by Crippen LogP contribution is -2.40. The zero-order valence-corrected chi connectivity index (χ0v) is 20.4. The number of nitriles is 1. The molecule has 2 aromatic carbocycles. The minimum absolute atomic E-state index is 0.0929. The molecule has 2 saturated heterocycles. The van der Waals surface area contributed by atoms with Gasteiger partial charge in [0.2, 0.25) is 10.0 Å². The quantitative estimate of drug-likeness (QED) is 0.463. The van der Waals surface area contributed by atoms with Gasteiger partial charge in [-0.05, 0) is 54.8 Å². The number of carbonyl (C=O) groups excluding carboxylic acids is 1. The predicted molar refractivity (Wildman–Crippen MR) is 133 cm³/mol. The van der Waals surface area contributed by atoms with Gasteiger partial charge in [0, 0.05) is 26.2 Å². The first-order valence-electron chi connectivity index (χ1n) is 11.5. The molecule has 0 aliphatic carbocycles. The van der Waals surface area contributed by atoms with Gasteiger partial charge in [-0.1, -0.05) is 12.1 Å². The van der Waals surface area contributed by atoms with Gasteiger partial charge in [0.15, 0.2) is 0 Å². The Kier molecular flexibility index (Phi) is 7.70. The molecule has 2 aromatic rings. The molecule has 2 aliphatic rings. The van der Waals surface area contributed by atoms with Crippen molar-refractivity contribution >= 4 is 33.4 Å². The van der Waals surface area contributed by atoms with E-state index in [0.717, 1.165) is 31.6 Å². The van der Waals surface area contributed by atoms with E-state index in [9.17, 15) is 18.5 Å². The van der Waals surface area contributed by atoms with Gasteiger partial charge in [-0.2, -0.15) is 9.57 Å². The van der Waals surface area contributed by atoms with Gasteiger partial charge in [-0.3, -0.25) is 4.79 Å². The first kappa shape index (κ1) is 24.7. The molecule has 35 heavy (non-hydrogen) atoms. The molecule has 1 amide bonds. The zero-order chi connectivity index (χ0) is 24.8. The Morgan fingerprint density at radius 3 is 2.40 bits per heavy atom. The minimum atomic E-state index is -3.75. The van der Waals surface area contributed by atoms with Crippen LogP contribution in [0.4, 0.5) is 11.4 Å². The lowest BCUT2D eigenvalue weighted by atomic mass is 10.1. The number of hydrogen-bond donors (Lipinski definition) is 1. The maximum absolute atomic E-state index is 13.2. The third kappa shape index (κ3) is 5.65. The van der Waals surface area contributed by atoms with E-state index in [1.165, 1.54) is 16.4 Å². The molecule has 0 unspecified atom stereocenters. The molecule has 2 aliphatic heterocycles. The van der Waals surface area contributed by atoms with Crippen LogP contribution in [0.5, 0.6) is 5.75 Å². The summed E-state index contributed by atoms with van der Waals surface area (Å²) in [6.07, 6.45) is 3.52. The standard InChI is InChI=1S/C25H28N4O5S/c1-33-21-6-4-19(5-7-21)16-20(18-26)25(30)27-23-17-22(8-9-24(23)28-10-2-3-11-28)35(31,32)29-12-14-34-15-13-29/h4-9,16-17H,2-3,10-15H2,1H3,(H,27,30). The van der Waals surface area contributed by atoms with E-state index in [1.807, 2.05) is 6.07 Å². The summed E-state index contributed by atoms with van der Waals surface area (Å²) in [5.41, 5.74) is 1.67. The summed E-state index contributed by atoms with van der Waals surface area (Å²) in [5.74, 6) is 0.0586. The van der Waals surface area contributed by atoms with Gasteiger partial charge < -0.3 is 19.7 Å². The number of sulfonamides is 1. The molecule has 2 heterocycles. The van der Waals surface area contributed by atoms with Gasteiger partial charge in [0.1, 0.15) is 17.4 Å². The Bertz CT molecular complexity index is 1240. The number of hydrogen-bond acceptors (Lipinski definition) is 7. The van der Waals surface area contributed by atoms with Crippen LogP contribution in [0.25, 0.3) is 6.08 Å². The van der Waals surface area contributed by atoms with Crippen LogP contribution < -0.4 is 15.0 Å². The number of carbonyl (C=O) groups is 1. The zero-order valence-electron chi connectivity index (χ0n) is 19.6. The number of nitrogens with zero attached hydrogens (tertiary/aromatic N) is 3. The average molecular weight is 497 g/mol. The van der Waals surface area contributed by atoms with Gasteiger partial charge >= 0.3 is 0 Å². The van der Waals surface area contributed by atoms with Gasteiger partial charge in [0.05, 0.1) is 36.6 Å². The van der Waals surface area contributed by atoms with Crippen molar-refractivity contribution in [3.8, 4) is 11.8 Å². The number of benzene rings is 2. The first-order chi connectivity index (χ1) is 16.9. The van der Waals surface area contributed by atoms with Crippen molar-refractivity contribution in [3.63, 3.8) is 0 Å². The Morgan fingerprint density at radius 2 is 1.77 bits per heavy atom. The monoisotopic (exact) mass is 496 g/mol. The lowest BCUT2D eigenvalue weighted by Gasteiger charge is -2.27. The molecule has 10 heteroatoms. The summed E-state index contributed by atoms with van der Waals surface area (Å²) in [5, 5.41) is 12.4. The molecule has 0 atom stereocenters. The van der Waals surface area contributed by atoms with Crippen molar-refractivity contribution in [1.29, 1.82) is 5.26 Å². The van der Waals surface area contributed by atoms with E-state index in [0.29, 0.717) is 30.2 Å². The maximum atomic E-state index is 13.2.